The van der Waals surface area contributed by atoms with Crippen LogP contribution in [0.5, 0.6) is 0 Å². The van der Waals surface area contributed by atoms with Crippen molar-refractivity contribution >= 4 is 28.3 Å². The summed E-state index contributed by atoms with van der Waals surface area (Å²) in [6.45, 7) is 4.42. The molecule has 2 fully saturated rings. The van der Waals surface area contributed by atoms with Gasteiger partial charge in [-0.2, -0.15) is 0 Å². The number of anilines is 1. The zero-order valence-corrected chi connectivity index (χ0v) is 14.8. The third-order valence-corrected chi connectivity index (χ3v) is 5.50. The van der Waals surface area contributed by atoms with Crippen LogP contribution in [-0.2, 0) is 14.3 Å². The van der Waals surface area contributed by atoms with Crippen LogP contribution in [0.15, 0.2) is 11.6 Å². The maximum atomic E-state index is 12.8. The maximum Gasteiger partial charge on any atom is 0.248 e. The largest absolute Gasteiger partial charge is 0.375 e. The van der Waals surface area contributed by atoms with E-state index in [0.717, 1.165) is 50.7 Å². The quantitative estimate of drug-likeness (QED) is 0.797. The highest BCUT2D eigenvalue weighted by atomic mass is 32.1. The van der Waals surface area contributed by atoms with E-state index in [1.807, 2.05) is 16.5 Å². The first-order chi connectivity index (χ1) is 11.7. The third kappa shape index (κ3) is 3.87. The van der Waals surface area contributed by atoms with Crippen molar-refractivity contribution in [1.82, 2.24) is 14.8 Å². The summed E-state index contributed by atoms with van der Waals surface area (Å²) < 4.78 is 4.92. The van der Waals surface area contributed by atoms with Gasteiger partial charge in [-0.05, 0) is 12.8 Å². The number of hydrogen-bond donors (Lipinski definition) is 0. The topological polar surface area (TPSA) is 66.0 Å². The highest BCUT2D eigenvalue weighted by molar-refractivity contribution is 7.13. The lowest BCUT2D eigenvalue weighted by Gasteiger charge is -2.39. The fraction of sp³-hybridized carbons (Fsp3) is 0.688. The Labute approximate surface area is 146 Å². The number of carbonyl (C=O) groups excluding carboxylic acids is 2. The smallest absolute Gasteiger partial charge is 0.248 e. The lowest BCUT2D eigenvalue weighted by atomic mass is 9.96. The Hall–Kier alpha value is -1.67. The van der Waals surface area contributed by atoms with Gasteiger partial charge in [-0.15, -0.1) is 11.3 Å². The summed E-state index contributed by atoms with van der Waals surface area (Å²) in [5.74, 6) is 0.0817. The fourth-order valence-corrected chi connectivity index (χ4v) is 4.07. The molecule has 2 aliphatic rings. The number of piperazine rings is 1. The molecule has 2 aliphatic heterocycles. The monoisotopic (exact) mass is 352 g/mol. The van der Waals surface area contributed by atoms with Crippen molar-refractivity contribution in [2.75, 3.05) is 57.9 Å². The van der Waals surface area contributed by atoms with E-state index in [1.54, 1.807) is 16.2 Å². The van der Waals surface area contributed by atoms with Crippen LogP contribution in [-0.4, -0.2) is 79.6 Å². The molecule has 3 rings (SSSR count). The molecule has 3 heterocycles. The predicted octanol–water partition coefficient (Wildman–Crippen LogP) is 0.677. The molecule has 2 saturated heterocycles. The van der Waals surface area contributed by atoms with Crippen LogP contribution in [0.3, 0.4) is 0 Å². The molecular weight excluding hydrogens is 328 g/mol. The number of piperidine rings is 1. The number of carbonyl (C=O) groups is 2. The Kier molecular flexibility index (Phi) is 5.68. The summed E-state index contributed by atoms with van der Waals surface area (Å²) in [5, 5.41) is 3.00. The van der Waals surface area contributed by atoms with Crippen molar-refractivity contribution < 1.29 is 14.3 Å². The van der Waals surface area contributed by atoms with Gasteiger partial charge in [-0.1, -0.05) is 0 Å². The molecule has 1 unspecified atom stereocenters. The third-order valence-electron chi connectivity index (χ3n) is 4.67. The summed E-state index contributed by atoms with van der Waals surface area (Å²) in [7, 11) is 1.52. The van der Waals surface area contributed by atoms with E-state index in [1.165, 1.54) is 7.11 Å². The van der Waals surface area contributed by atoms with E-state index in [0.29, 0.717) is 6.54 Å². The second kappa shape index (κ2) is 7.94. The van der Waals surface area contributed by atoms with Crippen LogP contribution in [0.1, 0.15) is 12.8 Å². The van der Waals surface area contributed by atoms with Crippen molar-refractivity contribution in [2.45, 2.75) is 12.8 Å². The second-order valence-corrected chi connectivity index (χ2v) is 7.11. The first kappa shape index (κ1) is 17.2. The minimum Gasteiger partial charge on any atom is -0.375 e. The molecule has 0 saturated carbocycles. The van der Waals surface area contributed by atoms with E-state index in [4.69, 9.17) is 4.74 Å². The van der Waals surface area contributed by atoms with Crippen LogP contribution in [0.2, 0.25) is 0 Å². The number of methoxy groups -OCH3 is 1. The molecular formula is C16H24N4O3S. The molecule has 0 aliphatic carbocycles. The SMILES string of the molecule is COCC(=O)N1CCCC(C(=O)N2CCN(c3nccs3)CC2)C1. The molecule has 24 heavy (non-hydrogen) atoms. The predicted molar refractivity (Wildman–Crippen MR) is 92.1 cm³/mol. The van der Waals surface area contributed by atoms with E-state index >= 15 is 0 Å². The molecule has 7 nitrogen and oxygen atoms in total. The summed E-state index contributed by atoms with van der Waals surface area (Å²) in [4.78, 5) is 35.0. The Morgan fingerprint density at radius 3 is 2.71 bits per heavy atom. The highest BCUT2D eigenvalue weighted by Crippen LogP contribution is 2.22. The minimum absolute atomic E-state index is 0.0245. The van der Waals surface area contributed by atoms with E-state index in [9.17, 15) is 9.59 Å². The minimum atomic E-state index is -0.0778. The van der Waals surface area contributed by atoms with Gasteiger partial charge in [-0.3, -0.25) is 9.59 Å². The van der Waals surface area contributed by atoms with Gasteiger partial charge in [0.05, 0.1) is 5.92 Å². The number of aromatic nitrogens is 1. The van der Waals surface area contributed by atoms with Crippen molar-refractivity contribution in [2.24, 2.45) is 5.92 Å². The summed E-state index contributed by atoms with van der Waals surface area (Å²) in [6.07, 6.45) is 3.55. The zero-order valence-electron chi connectivity index (χ0n) is 14.0. The normalized spacial score (nSPS) is 21.9. The molecule has 132 valence electrons. The van der Waals surface area contributed by atoms with Gasteiger partial charge in [0, 0.05) is 58.0 Å². The Morgan fingerprint density at radius 2 is 2.04 bits per heavy atom. The maximum absolute atomic E-state index is 12.8. The van der Waals surface area contributed by atoms with Crippen LogP contribution >= 0.6 is 11.3 Å². The molecule has 0 aromatic carbocycles. The van der Waals surface area contributed by atoms with Crippen molar-refractivity contribution in [3.8, 4) is 0 Å². The summed E-state index contributed by atoms with van der Waals surface area (Å²) in [6, 6.07) is 0. The van der Waals surface area contributed by atoms with Gasteiger partial charge in [0.15, 0.2) is 5.13 Å². The van der Waals surface area contributed by atoms with Crippen molar-refractivity contribution in [1.29, 1.82) is 0 Å². The number of amides is 2. The Bertz CT molecular complexity index is 558. The summed E-state index contributed by atoms with van der Waals surface area (Å²) in [5.41, 5.74) is 0. The fourth-order valence-electron chi connectivity index (χ4n) is 3.37. The van der Waals surface area contributed by atoms with E-state index < -0.39 is 0 Å². The van der Waals surface area contributed by atoms with Gasteiger partial charge in [0.25, 0.3) is 0 Å². The molecule has 0 radical (unpaired) electrons. The average molecular weight is 352 g/mol. The first-order valence-corrected chi connectivity index (χ1v) is 9.27. The van der Waals surface area contributed by atoms with Crippen LogP contribution in [0, 0.1) is 5.92 Å². The molecule has 8 heteroatoms. The lowest BCUT2D eigenvalue weighted by molar-refractivity contribution is -0.142. The Balaban J connectivity index is 1.52. The van der Waals surface area contributed by atoms with Crippen LogP contribution < -0.4 is 4.90 Å². The highest BCUT2D eigenvalue weighted by Gasteiger charge is 2.32. The molecule has 2 amide bonds. The standard InChI is InChI=1S/C16H24N4O3S/c1-23-12-14(21)20-5-2-3-13(11-20)15(22)18-6-8-19(9-7-18)16-17-4-10-24-16/h4,10,13H,2-3,5-9,11-12H2,1H3. The zero-order chi connectivity index (χ0) is 16.9. The van der Waals surface area contributed by atoms with Crippen LogP contribution in [0.4, 0.5) is 5.13 Å². The number of nitrogens with zero attached hydrogens (tertiary/aromatic N) is 4. The van der Waals surface area contributed by atoms with E-state index in [2.05, 4.69) is 9.88 Å². The van der Waals surface area contributed by atoms with Gasteiger partial charge in [-0.25, -0.2) is 4.98 Å². The number of hydrogen-bond acceptors (Lipinski definition) is 6. The molecule has 1 aromatic heterocycles. The number of rotatable bonds is 4. The lowest BCUT2D eigenvalue weighted by Crippen LogP contribution is -2.53. The van der Waals surface area contributed by atoms with Crippen molar-refractivity contribution in [3.63, 3.8) is 0 Å². The molecule has 1 atom stereocenters. The number of thiazole rings is 1. The van der Waals surface area contributed by atoms with Crippen LogP contribution in [0.25, 0.3) is 0 Å². The van der Waals surface area contributed by atoms with Gasteiger partial charge < -0.3 is 19.4 Å². The summed E-state index contributed by atoms with van der Waals surface area (Å²) >= 11 is 1.63. The number of ether oxygens (including phenoxy) is 1. The van der Waals surface area contributed by atoms with Gasteiger partial charge in [0.2, 0.25) is 11.8 Å². The molecule has 0 bridgehead atoms. The Morgan fingerprint density at radius 1 is 1.25 bits per heavy atom. The average Bonchev–Trinajstić information content (AvgIpc) is 3.16. The second-order valence-electron chi connectivity index (χ2n) is 6.24. The molecule has 1 aromatic rings. The molecule has 0 spiro atoms. The number of likely N-dealkylation sites (tertiary alicyclic amines) is 1. The van der Waals surface area contributed by atoms with Gasteiger partial charge >= 0.3 is 0 Å². The molecule has 0 N–H and O–H groups in total. The first-order valence-electron chi connectivity index (χ1n) is 8.39. The van der Waals surface area contributed by atoms with E-state index in [-0.39, 0.29) is 24.3 Å². The van der Waals surface area contributed by atoms with Gasteiger partial charge in [0.1, 0.15) is 6.61 Å². The van der Waals surface area contributed by atoms with Crippen molar-refractivity contribution in [3.05, 3.63) is 11.6 Å².